The highest BCUT2D eigenvalue weighted by atomic mass is 35.5. The van der Waals surface area contributed by atoms with Crippen LogP contribution in [-0.2, 0) is 25.6 Å². The van der Waals surface area contributed by atoms with Crippen molar-refractivity contribution in [2.45, 2.75) is 41.9 Å². The quantitative estimate of drug-likeness (QED) is 0.0769. The lowest BCUT2D eigenvalue weighted by atomic mass is 9.56. The van der Waals surface area contributed by atoms with Gasteiger partial charge < -0.3 is 14.6 Å². The summed E-state index contributed by atoms with van der Waals surface area (Å²) in [5, 5.41) is 11.4. The summed E-state index contributed by atoms with van der Waals surface area (Å²) < 4.78 is 84.5. The van der Waals surface area contributed by atoms with E-state index in [0.29, 0.717) is 6.42 Å². The van der Waals surface area contributed by atoms with E-state index in [-0.39, 0.29) is 39.6 Å². The Morgan fingerprint density at radius 2 is 1.44 bits per heavy atom. The highest BCUT2D eigenvalue weighted by Gasteiger charge is 2.77. The van der Waals surface area contributed by atoms with E-state index in [9.17, 15) is 37.5 Å². The zero-order valence-electron chi connectivity index (χ0n) is 27.4. The molecule has 0 radical (unpaired) electrons. The Kier molecular flexibility index (Phi) is 8.37. The molecule has 3 aromatic rings. The molecular weight excluding hydrogens is 738 g/mol. The molecule has 2 aliphatic carbocycles. The van der Waals surface area contributed by atoms with E-state index in [0.717, 1.165) is 16.5 Å². The first kappa shape index (κ1) is 35.7. The van der Waals surface area contributed by atoms with E-state index in [1.165, 1.54) is 26.4 Å². The maximum atomic E-state index is 15.3. The summed E-state index contributed by atoms with van der Waals surface area (Å²) in [6.45, 7) is 1.93. The zero-order valence-corrected chi connectivity index (χ0v) is 28.9. The average Bonchev–Trinajstić information content (AvgIpc) is 3.47. The van der Waals surface area contributed by atoms with Crippen LogP contribution in [-0.4, -0.2) is 52.7 Å². The van der Waals surface area contributed by atoms with Gasteiger partial charge in [0.05, 0.1) is 31.7 Å². The van der Waals surface area contributed by atoms with Crippen molar-refractivity contribution in [2.24, 2.45) is 17.8 Å². The molecule has 6 atom stereocenters. The van der Waals surface area contributed by atoms with Gasteiger partial charge in [0, 0.05) is 23.6 Å². The Morgan fingerprint density at radius 1 is 0.827 bits per heavy atom. The van der Waals surface area contributed by atoms with E-state index >= 15 is 8.78 Å². The summed E-state index contributed by atoms with van der Waals surface area (Å²) in [5.41, 5.74) is -0.799. The highest BCUT2D eigenvalue weighted by molar-refractivity contribution is 6.58. The van der Waals surface area contributed by atoms with E-state index in [2.05, 4.69) is 0 Å². The van der Waals surface area contributed by atoms with Gasteiger partial charge in [0.2, 0.25) is 17.6 Å². The number of aromatic hydroxyl groups is 1. The molecule has 2 saturated heterocycles. The number of phenolic OH excluding ortho intramolecular Hbond substituents is 1. The first-order valence-corrected chi connectivity index (χ1v) is 16.7. The van der Waals surface area contributed by atoms with Crippen LogP contribution in [0.15, 0.2) is 48.0 Å². The molecule has 4 amide bonds. The number of allylic oxidation sites excluding steroid dienone is 2. The van der Waals surface area contributed by atoms with E-state index in [1.54, 1.807) is 24.3 Å². The maximum absolute atomic E-state index is 15.3. The van der Waals surface area contributed by atoms with Crippen LogP contribution in [0.1, 0.15) is 36.8 Å². The summed E-state index contributed by atoms with van der Waals surface area (Å²) in [4.78, 5) is 52.2. The SMILES string of the molecule is CCc1ccc(N2C(=O)[C@H]3[C@H](CC=C4[C@H]3C[C@@]3(Cl)C(=O)N(c5c(F)c(F)c(F)c(F)c5F)C(=O)[C@@]3(Cl)[C@H]4c3c(O)cc(OC)cc3OC)C2=O)cc1. The Hall–Kier alpha value is -4.69. The molecule has 3 fully saturated rings. The lowest BCUT2D eigenvalue weighted by Crippen LogP contribution is -2.60. The number of alkyl halides is 2. The topological polar surface area (TPSA) is 113 Å². The number of imide groups is 2. The monoisotopic (exact) mass is 764 g/mol. The molecule has 0 bridgehead atoms. The van der Waals surface area contributed by atoms with Crippen molar-refractivity contribution in [3.63, 3.8) is 0 Å². The van der Waals surface area contributed by atoms with Crippen molar-refractivity contribution in [1.29, 1.82) is 0 Å². The zero-order chi connectivity index (χ0) is 37.8. The second-order valence-electron chi connectivity index (χ2n) is 13.0. The first-order chi connectivity index (χ1) is 24.6. The molecule has 4 aliphatic rings. The van der Waals surface area contributed by atoms with Gasteiger partial charge >= 0.3 is 0 Å². The Morgan fingerprint density at radius 3 is 2.02 bits per heavy atom. The molecule has 3 aromatic carbocycles. The average molecular weight is 766 g/mol. The van der Waals surface area contributed by atoms with Gasteiger partial charge in [-0.25, -0.2) is 26.9 Å². The van der Waals surface area contributed by atoms with Gasteiger partial charge in [0.1, 0.15) is 22.9 Å². The molecule has 0 unspecified atom stereocenters. The smallest absolute Gasteiger partial charge is 0.258 e. The number of anilines is 2. The fourth-order valence-corrected chi connectivity index (χ4v) is 9.10. The summed E-state index contributed by atoms with van der Waals surface area (Å²) >= 11 is 14.3. The van der Waals surface area contributed by atoms with Crippen LogP contribution in [0, 0.1) is 46.8 Å². The summed E-state index contributed by atoms with van der Waals surface area (Å²) in [5.74, 6) is -22.8. The number of nitrogens with zero attached hydrogens (tertiary/aromatic N) is 2. The number of hydrogen-bond acceptors (Lipinski definition) is 7. The number of aryl methyl sites for hydroxylation is 1. The van der Waals surface area contributed by atoms with Crippen LogP contribution in [0.3, 0.4) is 0 Å². The number of rotatable bonds is 6. The standard InChI is InChI=1S/C36H27Cl2F5N2O7/c1-4-14-5-7-15(8-6-14)44-31(47)18-10-9-17-19(22(18)32(44)48)13-35(37)33(49)45(30-28(42)26(40)25(39)27(41)29(30)43)34(50)36(35,38)24(17)23-20(46)11-16(51-2)12-21(23)52-3/h5-9,11-12,18-19,22,24,46H,4,10,13H2,1-3H3/t18-,19+,22-,24+,35+,36-/m0/s1. The lowest BCUT2D eigenvalue weighted by molar-refractivity contribution is -0.125. The van der Waals surface area contributed by atoms with Crippen molar-refractivity contribution < 1.29 is 55.7 Å². The van der Waals surface area contributed by atoms with Gasteiger partial charge in [0.25, 0.3) is 11.8 Å². The second-order valence-corrected chi connectivity index (χ2v) is 14.2. The van der Waals surface area contributed by atoms with Crippen molar-refractivity contribution in [1.82, 2.24) is 0 Å². The summed E-state index contributed by atoms with van der Waals surface area (Å²) in [6, 6.07) is 9.15. The van der Waals surface area contributed by atoms with Gasteiger partial charge in [0.15, 0.2) is 33.0 Å². The van der Waals surface area contributed by atoms with Crippen LogP contribution in [0.2, 0.25) is 0 Å². The molecule has 1 N–H and O–H groups in total. The molecule has 7 rings (SSSR count). The van der Waals surface area contributed by atoms with Crippen LogP contribution >= 0.6 is 23.2 Å². The Labute approximate surface area is 302 Å². The molecule has 0 aromatic heterocycles. The molecule has 0 spiro atoms. The predicted octanol–water partition coefficient (Wildman–Crippen LogP) is 6.44. The second kappa shape index (κ2) is 12.2. The number of fused-ring (bicyclic) bond motifs is 4. The normalized spacial score (nSPS) is 28.2. The number of phenols is 1. The van der Waals surface area contributed by atoms with Crippen molar-refractivity contribution >= 4 is 58.2 Å². The molecule has 2 heterocycles. The van der Waals surface area contributed by atoms with Crippen molar-refractivity contribution in [3.8, 4) is 17.2 Å². The lowest BCUT2D eigenvalue weighted by Gasteiger charge is -2.50. The van der Waals surface area contributed by atoms with E-state index < -0.39 is 104 Å². The maximum Gasteiger partial charge on any atom is 0.258 e. The van der Waals surface area contributed by atoms with Gasteiger partial charge in [-0.05, 0) is 42.9 Å². The number of hydrogen-bond donors (Lipinski definition) is 1. The van der Waals surface area contributed by atoms with Gasteiger partial charge in [-0.1, -0.05) is 30.7 Å². The Bertz CT molecular complexity index is 2120. The van der Waals surface area contributed by atoms with Crippen LogP contribution < -0.4 is 19.3 Å². The fourth-order valence-electron chi connectivity index (χ4n) is 8.18. The third-order valence-electron chi connectivity index (χ3n) is 10.7. The van der Waals surface area contributed by atoms with Crippen molar-refractivity contribution in [3.05, 3.63) is 88.3 Å². The largest absolute Gasteiger partial charge is 0.507 e. The van der Waals surface area contributed by atoms with Gasteiger partial charge in [-0.15, -0.1) is 23.2 Å². The minimum Gasteiger partial charge on any atom is -0.507 e. The summed E-state index contributed by atoms with van der Waals surface area (Å²) in [6.07, 6.45) is 1.44. The van der Waals surface area contributed by atoms with E-state index in [1.807, 2.05) is 6.92 Å². The number of methoxy groups -OCH3 is 2. The third kappa shape index (κ3) is 4.52. The van der Waals surface area contributed by atoms with Gasteiger partial charge in [-0.3, -0.25) is 24.1 Å². The minimum absolute atomic E-state index is 0.0714. The molecule has 272 valence electrons. The van der Waals surface area contributed by atoms with Crippen LogP contribution in [0.4, 0.5) is 33.3 Å². The minimum atomic E-state index is -2.85. The van der Waals surface area contributed by atoms with Crippen LogP contribution in [0.5, 0.6) is 17.2 Å². The molecular formula is C36H27Cl2F5N2O7. The fraction of sp³-hybridized carbons (Fsp3) is 0.333. The van der Waals surface area contributed by atoms with Crippen LogP contribution in [0.25, 0.3) is 0 Å². The number of carbonyl (C=O) groups excluding carboxylic acids is 4. The number of ether oxygens (including phenoxy) is 2. The van der Waals surface area contributed by atoms with E-state index in [4.69, 9.17) is 32.7 Å². The Balaban J connectivity index is 1.46. The number of benzene rings is 3. The molecule has 16 heteroatoms. The molecule has 9 nitrogen and oxygen atoms in total. The predicted molar refractivity (Wildman–Crippen MR) is 176 cm³/mol. The number of carbonyl (C=O) groups is 4. The summed E-state index contributed by atoms with van der Waals surface area (Å²) in [7, 11) is 2.48. The van der Waals surface area contributed by atoms with Crippen molar-refractivity contribution in [2.75, 3.05) is 24.0 Å². The number of halogens is 7. The molecule has 2 aliphatic heterocycles. The molecule has 52 heavy (non-hydrogen) atoms. The third-order valence-corrected chi connectivity index (χ3v) is 12.1. The number of amides is 4. The highest BCUT2D eigenvalue weighted by Crippen LogP contribution is 2.67. The first-order valence-electron chi connectivity index (χ1n) is 16.0. The van der Waals surface area contributed by atoms with Gasteiger partial charge in [-0.2, -0.15) is 0 Å². The molecule has 1 saturated carbocycles.